The van der Waals surface area contributed by atoms with Crippen LogP contribution >= 0.6 is 0 Å². The van der Waals surface area contributed by atoms with Crippen molar-refractivity contribution >= 4 is 11.9 Å². The van der Waals surface area contributed by atoms with Gasteiger partial charge in [-0.25, -0.2) is 0 Å². The van der Waals surface area contributed by atoms with Crippen molar-refractivity contribution in [1.82, 2.24) is 0 Å². The lowest BCUT2D eigenvalue weighted by atomic mass is 10.1. The number of amides is 1. The Bertz CT molecular complexity index is 409. The van der Waals surface area contributed by atoms with Crippen LogP contribution in [0, 0.1) is 6.92 Å². The molecule has 1 aromatic carbocycles. The number of nitrogens with zero attached hydrogens (tertiary/aromatic N) is 1. The second-order valence-corrected chi connectivity index (χ2v) is 3.05. The van der Waals surface area contributed by atoms with Gasteiger partial charge in [-0.3, -0.25) is 4.79 Å². The van der Waals surface area contributed by atoms with Crippen LogP contribution in [0.1, 0.15) is 15.9 Å². The molecule has 15 heavy (non-hydrogen) atoms. The second kappa shape index (κ2) is 4.45. The van der Waals surface area contributed by atoms with E-state index < -0.39 is 5.91 Å². The van der Waals surface area contributed by atoms with Crippen LogP contribution in [0.3, 0.4) is 0 Å². The molecule has 0 atom stereocenters. The highest BCUT2D eigenvalue weighted by Gasteiger charge is 2.11. The Balaban J connectivity index is 3.14. The molecule has 80 valence electrons. The van der Waals surface area contributed by atoms with Crippen LogP contribution < -0.4 is 16.2 Å². The summed E-state index contributed by atoms with van der Waals surface area (Å²) in [6.07, 6.45) is 0. The van der Waals surface area contributed by atoms with Crippen LogP contribution in [0.25, 0.3) is 0 Å². The summed E-state index contributed by atoms with van der Waals surface area (Å²) in [5.41, 5.74) is 11.6. The van der Waals surface area contributed by atoms with Crippen molar-refractivity contribution in [2.45, 2.75) is 6.92 Å². The quantitative estimate of drug-likeness (QED) is 0.543. The van der Waals surface area contributed by atoms with E-state index in [1.54, 1.807) is 18.2 Å². The van der Waals surface area contributed by atoms with E-state index in [0.717, 1.165) is 5.56 Å². The van der Waals surface area contributed by atoms with Gasteiger partial charge in [0.15, 0.2) is 5.96 Å². The molecule has 0 aliphatic rings. The Labute approximate surface area is 87.7 Å². The molecular formula is C10H13N3O2. The van der Waals surface area contributed by atoms with E-state index in [9.17, 15) is 4.79 Å². The van der Waals surface area contributed by atoms with Gasteiger partial charge in [0.25, 0.3) is 5.91 Å². The van der Waals surface area contributed by atoms with Gasteiger partial charge in [0, 0.05) is 0 Å². The molecule has 0 aliphatic carbocycles. The SMILES string of the molecule is COc1cc(C)ccc1C(=O)N=C(N)N. The zero-order chi connectivity index (χ0) is 11.4. The van der Waals surface area contributed by atoms with Crippen molar-refractivity contribution in [3.05, 3.63) is 29.3 Å². The van der Waals surface area contributed by atoms with E-state index in [1.807, 2.05) is 6.92 Å². The third kappa shape index (κ3) is 2.70. The Morgan fingerprint density at radius 3 is 2.60 bits per heavy atom. The molecule has 0 unspecified atom stereocenters. The second-order valence-electron chi connectivity index (χ2n) is 3.05. The molecule has 0 spiro atoms. The minimum absolute atomic E-state index is 0.261. The summed E-state index contributed by atoms with van der Waals surface area (Å²) in [6, 6.07) is 5.16. The number of ether oxygens (including phenoxy) is 1. The maximum Gasteiger partial charge on any atom is 0.283 e. The van der Waals surface area contributed by atoms with Crippen LogP contribution in [0.5, 0.6) is 5.75 Å². The Morgan fingerprint density at radius 2 is 2.07 bits per heavy atom. The summed E-state index contributed by atoms with van der Waals surface area (Å²) >= 11 is 0. The maximum absolute atomic E-state index is 11.5. The lowest BCUT2D eigenvalue weighted by molar-refractivity contribution is 0.1000. The molecule has 5 heteroatoms. The first-order valence-electron chi connectivity index (χ1n) is 4.33. The molecule has 0 saturated carbocycles. The van der Waals surface area contributed by atoms with E-state index in [2.05, 4.69) is 4.99 Å². The van der Waals surface area contributed by atoms with Crippen LogP contribution in [0.2, 0.25) is 0 Å². The molecule has 1 aromatic rings. The number of aliphatic imine (C=N–C) groups is 1. The normalized spacial score (nSPS) is 9.47. The number of methoxy groups -OCH3 is 1. The average molecular weight is 207 g/mol. The fourth-order valence-electron chi connectivity index (χ4n) is 1.15. The number of hydrogen-bond donors (Lipinski definition) is 2. The topological polar surface area (TPSA) is 90.7 Å². The van der Waals surface area contributed by atoms with Gasteiger partial charge in [0.2, 0.25) is 0 Å². The number of rotatable bonds is 2. The van der Waals surface area contributed by atoms with Crippen LogP contribution in [-0.4, -0.2) is 19.0 Å². The zero-order valence-electron chi connectivity index (χ0n) is 8.65. The molecule has 1 rings (SSSR count). The van der Waals surface area contributed by atoms with Crippen molar-refractivity contribution in [2.24, 2.45) is 16.5 Å². The summed E-state index contributed by atoms with van der Waals surface area (Å²) in [6.45, 7) is 1.90. The maximum atomic E-state index is 11.5. The monoisotopic (exact) mass is 207 g/mol. The number of guanidine groups is 1. The van der Waals surface area contributed by atoms with Crippen molar-refractivity contribution < 1.29 is 9.53 Å². The van der Waals surface area contributed by atoms with Crippen molar-refractivity contribution in [1.29, 1.82) is 0 Å². The van der Waals surface area contributed by atoms with Gasteiger partial charge in [-0.15, -0.1) is 0 Å². The first-order valence-corrected chi connectivity index (χ1v) is 4.33. The van der Waals surface area contributed by atoms with Crippen molar-refractivity contribution in [3.8, 4) is 5.75 Å². The smallest absolute Gasteiger partial charge is 0.283 e. The summed E-state index contributed by atoms with van der Waals surface area (Å²) in [4.78, 5) is 15.0. The number of carbonyl (C=O) groups is 1. The first-order chi connectivity index (χ1) is 7.04. The highest BCUT2D eigenvalue weighted by Crippen LogP contribution is 2.20. The predicted molar refractivity (Wildman–Crippen MR) is 57.9 cm³/mol. The van der Waals surface area contributed by atoms with Crippen molar-refractivity contribution in [3.63, 3.8) is 0 Å². The summed E-state index contributed by atoms with van der Waals surface area (Å²) in [5.74, 6) is -0.306. The number of benzene rings is 1. The number of hydrogen-bond acceptors (Lipinski definition) is 2. The molecule has 4 N–H and O–H groups in total. The summed E-state index contributed by atoms with van der Waals surface area (Å²) < 4.78 is 5.06. The molecule has 1 amide bonds. The number of nitrogens with two attached hydrogens (primary N) is 2. The van der Waals surface area contributed by atoms with E-state index in [0.29, 0.717) is 11.3 Å². The van der Waals surface area contributed by atoms with E-state index >= 15 is 0 Å². The molecule has 0 bridgehead atoms. The first kappa shape index (κ1) is 11.0. The molecule has 0 fully saturated rings. The highest BCUT2D eigenvalue weighted by molar-refractivity contribution is 6.03. The van der Waals surface area contributed by atoms with E-state index in [4.69, 9.17) is 16.2 Å². The lowest BCUT2D eigenvalue weighted by Crippen LogP contribution is -2.24. The van der Waals surface area contributed by atoms with Gasteiger partial charge < -0.3 is 16.2 Å². The fraction of sp³-hybridized carbons (Fsp3) is 0.200. The molecule has 0 heterocycles. The molecule has 0 aromatic heterocycles. The zero-order valence-corrected chi connectivity index (χ0v) is 8.65. The van der Waals surface area contributed by atoms with Gasteiger partial charge in [0.1, 0.15) is 5.75 Å². The van der Waals surface area contributed by atoms with Gasteiger partial charge in [-0.05, 0) is 24.6 Å². The minimum atomic E-state index is -0.508. The molecular weight excluding hydrogens is 194 g/mol. The summed E-state index contributed by atoms with van der Waals surface area (Å²) in [7, 11) is 1.49. The van der Waals surface area contributed by atoms with E-state index in [-0.39, 0.29) is 5.96 Å². The molecule has 5 nitrogen and oxygen atoms in total. The largest absolute Gasteiger partial charge is 0.496 e. The van der Waals surface area contributed by atoms with Gasteiger partial charge >= 0.3 is 0 Å². The third-order valence-corrected chi connectivity index (χ3v) is 1.82. The molecule has 0 aliphatic heterocycles. The summed E-state index contributed by atoms with van der Waals surface area (Å²) in [5, 5.41) is 0. The van der Waals surface area contributed by atoms with Crippen LogP contribution in [0.15, 0.2) is 23.2 Å². The van der Waals surface area contributed by atoms with Crippen molar-refractivity contribution in [2.75, 3.05) is 7.11 Å². The Kier molecular flexibility index (Phi) is 3.28. The Hall–Kier alpha value is -2.04. The average Bonchev–Trinajstić information content (AvgIpc) is 2.16. The number of carbonyl (C=O) groups excluding carboxylic acids is 1. The fourth-order valence-corrected chi connectivity index (χ4v) is 1.15. The van der Waals surface area contributed by atoms with E-state index in [1.165, 1.54) is 7.11 Å². The lowest BCUT2D eigenvalue weighted by Gasteiger charge is -2.05. The number of aryl methyl sites for hydroxylation is 1. The van der Waals surface area contributed by atoms with Gasteiger partial charge in [-0.1, -0.05) is 6.07 Å². The minimum Gasteiger partial charge on any atom is -0.496 e. The molecule has 0 saturated heterocycles. The van der Waals surface area contributed by atoms with Crippen LogP contribution in [-0.2, 0) is 0 Å². The van der Waals surface area contributed by atoms with Gasteiger partial charge in [0.05, 0.1) is 12.7 Å². The van der Waals surface area contributed by atoms with Crippen LogP contribution in [0.4, 0.5) is 0 Å². The molecule has 0 radical (unpaired) electrons. The van der Waals surface area contributed by atoms with Gasteiger partial charge in [-0.2, -0.15) is 4.99 Å². The third-order valence-electron chi connectivity index (χ3n) is 1.82. The standard InChI is InChI=1S/C10H13N3O2/c1-6-3-4-7(8(5-6)15-2)9(14)13-10(11)12/h3-5H,1-2H3,(H4,11,12,13,14). The highest BCUT2D eigenvalue weighted by atomic mass is 16.5. The predicted octanol–water partition coefficient (Wildman–Crippen LogP) is 0.417. The Morgan fingerprint density at radius 1 is 1.40 bits per heavy atom.